The molecule has 1 heterocycles. The number of halogens is 3. The molecule has 1 aromatic heterocycles. The minimum Gasteiger partial charge on any atom is -0.369 e. The standard InChI is InChI=1S/C17H11F3N4/c18-13-3-2-11(15(19)16(13)20)5-6-22-17-12-7-10(8-21)1-4-14(12)23-9-24-17/h1-4,7,9H,5-6H2,(H,22,23,24). The topological polar surface area (TPSA) is 61.6 Å². The van der Waals surface area contributed by atoms with Crippen LogP contribution in [0.4, 0.5) is 19.0 Å². The van der Waals surface area contributed by atoms with Gasteiger partial charge < -0.3 is 5.32 Å². The van der Waals surface area contributed by atoms with Crippen LogP contribution in [-0.2, 0) is 6.42 Å². The van der Waals surface area contributed by atoms with Gasteiger partial charge in [0.2, 0.25) is 0 Å². The van der Waals surface area contributed by atoms with Crippen molar-refractivity contribution in [2.75, 3.05) is 11.9 Å². The summed E-state index contributed by atoms with van der Waals surface area (Å²) in [7, 11) is 0. The molecule has 0 atom stereocenters. The molecule has 0 saturated carbocycles. The van der Waals surface area contributed by atoms with Gasteiger partial charge in [0.05, 0.1) is 17.1 Å². The fourth-order valence-corrected chi connectivity index (χ4v) is 2.34. The van der Waals surface area contributed by atoms with Crippen LogP contribution in [0.1, 0.15) is 11.1 Å². The second kappa shape index (κ2) is 6.54. The molecule has 0 aliphatic heterocycles. The van der Waals surface area contributed by atoms with Crippen LogP contribution in [0.25, 0.3) is 10.9 Å². The summed E-state index contributed by atoms with van der Waals surface area (Å²) in [6.07, 6.45) is 1.52. The first-order valence-electron chi connectivity index (χ1n) is 7.11. The fourth-order valence-electron chi connectivity index (χ4n) is 2.34. The molecule has 0 aliphatic carbocycles. The van der Waals surface area contributed by atoms with Crippen molar-refractivity contribution < 1.29 is 13.2 Å². The zero-order valence-corrected chi connectivity index (χ0v) is 12.4. The third-order valence-electron chi connectivity index (χ3n) is 3.57. The largest absolute Gasteiger partial charge is 0.369 e. The van der Waals surface area contributed by atoms with Gasteiger partial charge >= 0.3 is 0 Å². The number of anilines is 1. The average molecular weight is 328 g/mol. The maximum absolute atomic E-state index is 13.6. The Balaban J connectivity index is 1.79. The molecule has 7 heteroatoms. The molecule has 24 heavy (non-hydrogen) atoms. The number of rotatable bonds is 4. The summed E-state index contributed by atoms with van der Waals surface area (Å²) in [6, 6.07) is 9.14. The minimum absolute atomic E-state index is 0.0671. The maximum Gasteiger partial charge on any atom is 0.194 e. The second-order valence-corrected chi connectivity index (χ2v) is 5.08. The Morgan fingerprint density at radius 1 is 1.04 bits per heavy atom. The van der Waals surface area contributed by atoms with Crippen LogP contribution in [-0.4, -0.2) is 16.5 Å². The first-order valence-corrected chi connectivity index (χ1v) is 7.11. The summed E-state index contributed by atoms with van der Waals surface area (Å²) in [5.41, 5.74) is 1.19. The van der Waals surface area contributed by atoms with Gasteiger partial charge in [0.1, 0.15) is 12.1 Å². The van der Waals surface area contributed by atoms with E-state index in [1.165, 1.54) is 12.4 Å². The van der Waals surface area contributed by atoms with Crippen molar-refractivity contribution in [2.45, 2.75) is 6.42 Å². The lowest BCUT2D eigenvalue weighted by molar-refractivity contribution is 0.441. The predicted octanol–water partition coefficient (Wildman–Crippen LogP) is 3.57. The number of benzene rings is 2. The maximum atomic E-state index is 13.6. The average Bonchev–Trinajstić information content (AvgIpc) is 2.61. The molecule has 0 saturated heterocycles. The molecule has 0 unspecified atom stereocenters. The molecule has 0 bridgehead atoms. The molecule has 0 fully saturated rings. The Hall–Kier alpha value is -3.14. The van der Waals surface area contributed by atoms with Crippen LogP contribution in [0.5, 0.6) is 0 Å². The highest BCUT2D eigenvalue weighted by molar-refractivity contribution is 5.89. The molecule has 120 valence electrons. The molecular weight excluding hydrogens is 317 g/mol. The smallest absolute Gasteiger partial charge is 0.194 e. The molecule has 0 spiro atoms. The van der Waals surface area contributed by atoms with Crippen LogP contribution in [0.2, 0.25) is 0 Å². The monoisotopic (exact) mass is 328 g/mol. The zero-order valence-electron chi connectivity index (χ0n) is 12.4. The molecule has 2 aromatic carbocycles. The number of aromatic nitrogens is 2. The summed E-state index contributed by atoms with van der Waals surface area (Å²) in [4.78, 5) is 8.22. The Kier molecular flexibility index (Phi) is 4.29. The molecule has 0 aliphatic rings. The summed E-state index contributed by atoms with van der Waals surface area (Å²) >= 11 is 0. The van der Waals surface area contributed by atoms with Crippen LogP contribution in [0.15, 0.2) is 36.7 Å². The molecule has 4 nitrogen and oxygen atoms in total. The van der Waals surface area contributed by atoms with E-state index in [1.54, 1.807) is 18.2 Å². The number of nitriles is 1. The van der Waals surface area contributed by atoms with E-state index in [0.29, 0.717) is 22.3 Å². The van der Waals surface area contributed by atoms with Crippen LogP contribution in [0, 0.1) is 28.8 Å². The quantitative estimate of drug-likeness (QED) is 0.744. The SMILES string of the molecule is N#Cc1ccc2ncnc(NCCc3ccc(F)c(F)c3F)c2c1. The van der Waals surface area contributed by atoms with Gasteiger partial charge in [-0.05, 0) is 36.2 Å². The van der Waals surface area contributed by atoms with Gasteiger partial charge in [-0.2, -0.15) is 5.26 Å². The summed E-state index contributed by atoms with van der Waals surface area (Å²) in [6.45, 7) is 0.255. The number of nitrogens with zero attached hydrogens (tertiary/aromatic N) is 3. The van der Waals surface area contributed by atoms with Gasteiger partial charge in [-0.25, -0.2) is 23.1 Å². The van der Waals surface area contributed by atoms with Gasteiger partial charge in [0, 0.05) is 11.9 Å². The molecule has 3 aromatic rings. The third kappa shape index (κ3) is 2.99. The molecule has 0 amide bonds. The van der Waals surface area contributed by atoms with E-state index in [-0.39, 0.29) is 18.5 Å². The number of fused-ring (bicyclic) bond motifs is 1. The summed E-state index contributed by atoms with van der Waals surface area (Å²) in [5, 5.41) is 12.6. The Morgan fingerprint density at radius 3 is 2.67 bits per heavy atom. The van der Waals surface area contributed by atoms with Crippen molar-refractivity contribution in [1.82, 2.24) is 9.97 Å². The van der Waals surface area contributed by atoms with E-state index < -0.39 is 17.5 Å². The second-order valence-electron chi connectivity index (χ2n) is 5.08. The van der Waals surface area contributed by atoms with Crippen LogP contribution < -0.4 is 5.32 Å². The first-order chi connectivity index (χ1) is 11.6. The van der Waals surface area contributed by atoms with E-state index >= 15 is 0 Å². The van der Waals surface area contributed by atoms with Crippen molar-refractivity contribution in [2.24, 2.45) is 0 Å². The fraction of sp³-hybridized carbons (Fsp3) is 0.118. The van der Waals surface area contributed by atoms with E-state index in [1.807, 2.05) is 6.07 Å². The lowest BCUT2D eigenvalue weighted by atomic mass is 10.1. The molecule has 3 rings (SSSR count). The number of nitrogens with one attached hydrogen (secondary N) is 1. The van der Waals surface area contributed by atoms with E-state index in [4.69, 9.17) is 5.26 Å². The van der Waals surface area contributed by atoms with Crippen molar-refractivity contribution in [3.8, 4) is 6.07 Å². The van der Waals surface area contributed by atoms with Crippen molar-refractivity contribution >= 4 is 16.7 Å². The molecule has 0 radical (unpaired) electrons. The highest BCUT2D eigenvalue weighted by Gasteiger charge is 2.13. The molecular formula is C17H11F3N4. The van der Waals surface area contributed by atoms with Crippen LogP contribution in [0.3, 0.4) is 0 Å². The van der Waals surface area contributed by atoms with Gasteiger partial charge in [-0.1, -0.05) is 6.07 Å². The van der Waals surface area contributed by atoms with Crippen molar-refractivity contribution in [1.29, 1.82) is 5.26 Å². The van der Waals surface area contributed by atoms with Crippen molar-refractivity contribution in [3.63, 3.8) is 0 Å². The Labute approximate surface area is 135 Å². The lowest BCUT2D eigenvalue weighted by Gasteiger charge is -2.09. The highest BCUT2D eigenvalue weighted by Crippen LogP contribution is 2.21. The first kappa shape index (κ1) is 15.7. The number of hydrogen-bond donors (Lipinski definition) is 1. The highest BCUT2D eigenvalue weighted by atomic mass is 19.2. The molecule has 1 N–H and O–H groups in total. The van der Waals surface area contributed by atoms with E-state index in [2.05, 4.69) is 15.3 Å². The zero-order chi connectivity index (χ0) is 17.1. The minimum atomic E-state index is -1.47. The number of hydrogen-bond acceptors (Lipinski definition) is 4. The van der Waals surface area contributed by atoms with Gasteiger partial charge in [-0.15, -0.1) is 0 Å². The van der Waals surface area contributed by atoms with Gasteiger partial charge in [0.15, 0.2) is 17.5 Å². The van der Waals surface area contributed by atoms with Gasteiger partial charge in [-0.3, -0.25) is 0 Å². The van der Waals surface area contributed by atoms with Crippen molar-refractivity contribution in [3.05, 3.63) is 65.2 Å². The Morgan fingerprint density at radius 2 is 1.88 bits per heavy atom. The summed E-state index contributed by atoms with van der Waals surface area (Å²) in [5.74, 6) is -3.38. The van der Waals surface area contributed by atoms with E-state index in [0.717, 1.165) is 6.07 Å². The van der Waals surface area contributed by atoms with E-state index in [9.17, 15) is 13.2 Å². The predicted molar refractivity (Wildman–Crippen MR) is 82.8 cm³/mol. The third-order valence-corrected chi connectivity index (χ3v) is 3.57. The normalized spacial score (nSPS) is 10.6. The lowest BCUT2D eigenvalue weighted by Crippen LogP contribution is -2.09. The van der Waals surface area contributed by atoms with Crippen LogP contribution >= 0.6 is 0 Å². The van der Waals surface area contributed by atoms with Gasteiger partial charge in [0.25, 0.3) is 0 Å². The Bertz CT molecular complexity index is 950. The summed E-state index contributed by atoms with van der Waals surface area (Å²) < 4.78 is 39.8.